The summed E-state index contributed by atoms with van der Waals surface area (Å²) in [6.45, 7) is 0. The SMILES string of the molecule is NC1(c2nnc3ccc(C(F)(F)F)cn23)CCCCC1. The number of halogens is 3. The second-order valence-electron chi connectivity index (χ2n) is 5.38. The summed E-state index contributed by atoms with van der Waals surface area (Å²) in [5.41, 5.74) is 5.34. The second-order valence-corrected chi connectivity index (χ2v) is 5.38. The van der Waals surface area contributed by atoms with Gasteiger partial charge < -0.3 is 5.73 Å². The van der Waals surface area contributed by atoms with Gasteiger partial charge in [0.1, 0.15) is 0 Å². The van der Waals surface area contributed by atoms with E-state index in [1.165, 1.54) is 10.5 Å². The fraction of sp³-hybridized carbons (Fsp3) is 0.538. The van der Waals surface area contributed by atoms with Gasteiger partial charge in [0, 0.05) is 6.20 Å². The minimum atomic E-state index is -4.38. The molecule has 2 aromatic heterocycles. The maximum atomic E-state index is 12.8. The molecule has 20 heavy (non-hydrogen) atoms. The monoisotopic (exact) mass is 284 g/mol. The van der Waals surface area contributed by atoms with Crippen LogP contribution in [0.3, 0.4) is 0 Å². The Balaban J connectivity index is 2.11. The Morgan fingerprint density at radius 1 is 1.10 bits per heavy atom. The molecule has 0 aromatic carbocycles. The van der Waals surface area contributed by atoms with Crippen molar-refractivity contribution in [2.24, 2.45) is 5.73 Å². The van der Waals surface area contributed by atoms with Gasteiger partial charge in [-0.25, -0.2) is 0 Å². The van der Waals surface area contributed by atoms with E-state index >= 15 is 0 Å². The van der Waals surface area contributed by atoms with Crippen molar-refractivity contribution in [1.82, 2.24) is 14.6 Å². The van der Waals surface area contributed by atoms with Gasteiger partial charge in [0.2, 0.25) is 0 Å². The fourth-order valence-corrected chi connectivity index (χ4v) is 2.80. The third-order valence-corrected chi connectivity index (χ3v) is 3.92. The first-order valence-electron chi connectivity index (χ1n) is 6.61. The zero-order valence-electron chi connectivity index (χ0n) is 10.8. The number of nitrogens with zero attached hydrogens (tertiary/aromatic N) is 3. The van der Waals surface area contributed by atoms with Crippen molar-refractivity contribution in [1.29, 1.82) is 0 Å². The van der Waals surface area contributed by atoms with Crippen molar-refractivity contribution in [3.63, 3.8) is 0 Å². The Labute approximate surface area is 113 Å². The average molecular weight is 284 g/mol. The molecular weight excluding hydrogens is 269 g/mol. The highest BCUT2D eigenvalue weighted by molar-refractivity contribution is 5.41. The summed E-state index contributed by atoms with van der Waals surface area (Å²) in [6, 6.07) is 2.34. The summed E-state index contributed by atoms with van der Waals surface area (Å²) in [7, 11) is 0. The number of fused-ring (bicyclic) bond motifs is 1. The van der Waals surface area contributed by atoms with Gasteiger partial charge in [0.15, 0.2) is 11.5 Å². The molecule has 1 aliphatic carbocycles. The Bertz CT molecular complexity index is 626. The molecule has 2 N–H and O–H groups in total. The fourth-order valence-electron chi connectivity index (χ4n) is 2.80. The van der Waals surface area contributed by atoms with Crippen molar-refractivity contribution in [3.8, 4) is 0 Å². The summed E-state index contributed by atoms with van der Waals surface area (Å²) >= 11 is 0. The van der Waals surface area contributed by atoms with E-state index in [1.54, 1.807) is 0 Å². The Morgan fingerprint density at radius 3 is 2.45 bits per heavy atom. The van der Waals surface area contributed by atoms with Gasteiger partial charge in [-0.1, -0.05) is 19.3 Å². The molecule has 0 saturated heterocycles. The van der Waals surface area contributed by atoms with E-state index < -0.39 is 17.3 Å². The van der Waals surface area contributed by atoms with Gasteiger partial charge in [-0.15, -0.1) is 10.2 Å². The highest BCUT2D eigenvalue weighted by Crippen LogP contribution is 2.35. The second kappa shape index (κ2) is 4.44. The molecule has 0 bridgehead atoms. The number of hydrogen-bond acceptors (Lipinski definition) is 3. The highest BCUT2D eigenvalue weighted by Gasteiger charge is 2.36. The summed E-state index contributed by atoms with van der Waals surface area (Å²) < 4.78 is 39.8. The quantitative estimate of drug-likeness (QED) is 0.876. The lowest BCUT2D eigenvalue weighted by Crippen LogP contribution is -2.40. The van der Waals surface area contributed by atoms with E-state index in [1.807, 2.05) is 0 Å². The minimum Gasteiger partial charge on any atom is -0.319 e. The molecule has 2 heterocycles. The van der Waals surface area contributed by atoms with Gasteiger partial charge in [-0.2, -0.15) is 13.2 Å². The van der Waals surface area contributed by atoms with Crippen molar-refractivity contribution in [2.45, 2.75) is 43.8 Å². The molecule has 2 aromatic rings. The van der Waals surface area contributed by atoms with E-state index in [9.17, 15) is 13.2 Å². The number of pyridine rings is 1. The van der Waals surface area contributed by atoms with Gasteiger partial charge in [-0.05, 0) is 25.0 Å². The molecule has 108 valence electrons. The van der Waals surface area contributed by atoms with Crippen LogP contribution < -0.4 is 5.73 Å². The van der Waals surface area contributed by atoms with Crippen LogP contribution in [0.4, 0.5) is 13.2 Å². The molecular formula is C13H15F3N4. The lowest BCUT2D eigenvalue weighted by molar-refractivity contribution is -0.137. The summed E-state index contributed by atoms with van der Waals surface area (Å²) in [6.07, 6.45) is 1.13. The molecule has 1 saturated carbocycles. The zero-order chi connectivity index (χ0) is 14.4. The topological polar surface area (TPSA) is 56.2 Å². The predicted octanol–water partition coefficient (Wildman–Crippen LogP) is 2.87. The molecule has 0 unspecified atom stereocenters. The molecule has 0 radical (unpaired) electrons. The molecule has 0 atom stereocenters. The van der Waals surface area contributed by atoms with Crippen LogP contribution in [-0.2, 0) is 11.7 Å². The summed E-state index contributed by atoms with van der Waals surface area (Å²) in [4.78, 5) is 0. The van der Waals surface area contributed by atoms with Crippen LogP contribution in [0.1, 0.15) is 43.5 Å². The van der Waals surface area contributed by atoms with Crippen LogP contribution in [0.15, 0.2) is 18.3 Å². The zero-order valence-corrected chi connectivity index (χ0v) is 10.8. The first-order valence-corrected chi connectivity index (χ1v) is 6.61. The van der Waals surface area contributed by atoms with E-state index in [0.717, 1.165) is 44.4 Å². The van der Waals surface area contributed by atoms with E-state index in [-0.39, 0.29) is 0 Å². The lowest BCUT2D eigenvalue weighted by atomic mass is 9.82. The van der Waals surface area contributed by atoms with E-state index in [2.05, 4.69) is 10.2 Å². The summed E-state index contributed by atoms with van der Waals surface area (Å²) in [5.74, 6) is 0.429. The maximum Gasteiger partial charge on any atom is 0.417 e. The molecule has 1 aliphatic rings. The molecule has 7 heteroatoms. The number of alkyl halides is 3. The van der Waals surface area contributed by atoms with Gasteiger partial charge in [0.25, 0.3) is 0 Å². The largest absolute Gasteiger partial charge is 0.417 e. The standard InChI is InChI=1S/C13H15F3N4/c14-13(15,16)9-4-5-10-18-19-11(20(10)8-9)12(17)6-2-1-3-7-12/h4-5,8H,1-3,6-7,17H2. The van der Waals surface area contributed by atoms with Gasteiger partial charge >= 0.3 is 6.18 Å². The number of aromatic nitrogens is 3. The van der Waals surface area contributed by atoms with Crippen molar-refractivity contribution < 1.29 is 13.2 Å². The molecule has 1 fully saturated rings. The Hall–Kier alpha value is -1.63. The maximum absolute atomic E-state index is 12.8. The van der Waals surface area contributed by atoms with Gasteiger partial charge in [0.05, 0.1) is 11.1 Å². The van der Waals surface area contributed by atoms with Crippen LogP contribution in [0.2, 0.25) is 0 Å². The van der Waals surface area contributed by atoms with E-state index in [4.69, 9.17) is 5.73 Å². The normalized spacial score (nSPS) is 19.4. The number of rotatable bonds is 1. The molecule has 0 spiro atoms. The van der Waals surface area contributed by atoms with E-state index in [0.29, 0.717) is 11.5 Å². The predicted molar refractivity (Wildman–Crippen MR) is 66.9 cm³/mol. The minimum absolute atomic E-state index is 0.392. The van der Waals surface area contributed by atoms with Crippen molar-refractivity contribution in [2.75, 3.05) is 0 Å². The van der Waals surface area contributed by atoms with Crippen molar-refractivity contribution >= 4 is 5.65 Å². The van der Waals surface area contributed by atoms with Crippen LogP contribution in [0.25, 0.3) is 5.65 Å². The van der Waals surface area contributed by atoms with Crippen LogP contribution >= 0.6 is 0 Å². The first kappa shape index (κ1) is 13.4. The molecule has 0 amide bonds. The van der Waals surface area contributed by atoms with Crippen molar-refractivity contribution in [3.05, 3.63) is 29.7 Å². The third-order valence-electron chi connectivity index (χ3n) is 3.92. The van der Waals surface area contributed by atoms with Crippen LogP contribution in [0, 0.1) is 0 Å². The summed E-state index contributed by atoms with van der Waals surface area (Å²) in [5, 5.41) is 7.96. The first-order chi connectivity index (χ1) is 9.40. The number of nitrogens with two attached hydrogens (primary N) is 1. The van der Waals surface area contributed by atoms with Crippen LogP contribution in [-0.4, -0.2) is 14.6 Å². The molecule has 3 rings (SSSR count). The molecule has 4 nitrogen and oxygen atoms in total. The third kappa shape index (κ3) is 2.15. The Kier molecular flexibility index (Phi) is 2.97. The average Bonchev–Trinajstić information content (AvgIpc) is 2.82. The number of hydrogen-bond donors (Lipinski definition) is 1. The Morgan fingerprint density at radius 2 is 1.80 bits per heavy atom. The van der Waals surface area contributed by atoms with Gasteiger partial charge in [-0.3, -0.25) is 4.40 Å². The van der Waals surface area contributed by atoms with Crippen LogP contribution in [0.5, 0.6) is 0 Å². The highest BCUT2D eigenvalue weighted by atomic mass is 19.4. The molecule has 0 aliphatic heterocycles. The lowest BCUT2D eigenvalue weighted by Gasteiger charge is -2.31. The smallest absolute Gasteiger partial charge is 0.319 e.